The van der Waals surface area contributed by atoms with Crippen molar-refractivity contribution >= 4 is 17.5 Å². The van der Waals surface area contributed by atoms with E-state index in [2.05, 4.69) is 20.9 Å². The lowest BCUT2D eigenvalue weighted by Crippen LogP contribution is -2.28. The van der Waals surface area contributed by atoms with Crippen LogP contribution in [0.4, 0.5) is 5.69 Å². The maximum absolute atomic E-state index is 12.3. The average Bonchev–Trinajstić information content (AvgIpc) is 3.24. The molecule has 30 heavy (non-hydrogen) atoms. The van der Waals surface area contributed by atoms with Gasteiger partial charge in [0.25, 0.3) is 5.91 Å². The minimum Gasteiger partial charge on any atom is -0.497 e. The number of anilines is 1. The maximum atomic E-state index is 12.3. The molecule has 156 valence electrons. The Morgan fingerprint density at radius 1 is 1.03 bits per heavy atom. The molecule has 9 nitrogen and oxygen atoms in total. The first-order chi connectivity index (χ1) is 14.6. The Labute approximate surface area is 174 Å². The highest BCUT2D eigenvalue weighted by Crippen LogP contribution is 2.17. The number of rotatable bonds is 9. The molecule has 3 aromatic rings. The molecule has 0 atom stereocenters. The number of amides is 2. The molecule has 0 fully saturated rings. The van der Waals surface area contributed by atoms with Crippen molar-refractivity contribution in [2.24, 2.45) is 0 Å². The van der Waals surface area contributed by atoms with Gasteiger partial charge in [0.1, 0.15) is 11.5 Å². The van der Waals surface area contributed by atoms with Gasteiger partial charge < -0.3 is 20.1 Å². The van der Waals surface area contributed by atoms with Crippen molar-refractivity contribution in [2.45, 2.75) is 13.0 Å². The van der Waals surface area contributed by atoms with Gasteiger partial charge in [-0.2, -0.15) is 0 Å². The van der Waals surface area contributed by atoms with Crippen LogP contribution < -0.4 is 20.1 Å². The molecule has 2 N–H and O–H groups in total. The lowest BCUT2D eigenvalue weighted by Gasteiger charge is -2.08. The van der Waals surface area contributed by atoms with E-state index in [0.717, 1.165) is 5.56 Å². The van der Waals surface area contributed by atoms with Gasteiger partial charge in [0.15, 0.2) is 5.69 Å². The number of carbonyl (C=O) groups excluding carboxylic acids is 2. The number of aromatic nitrogens is 3. The standard InChI is InChI=1S/C21H23N5O4/c1-29-17-9-7-16(8-10-17)23-21(28)18-14-26(25-24-18)12-11-22-20(27)13-15-5-3-4-6-19(15)30-2/h3-10,14H,11-13H2,1-2H3,(H,22,27)(H,23,28). The minimum absolute atomic E-state index is 0.128. The lowest BCUT2D eigenvalue weighted by molar-refractivity contribution is -0.120. The molecule has 9 heteroatoms. The third kappa shape index (κ3) is 5.57. The second kappa shape index (κ2) is 10.1. The first kappa shape index (κ1) is 20.8. The number of para-hydroxylation sites is 1. The number of carbonyl (C=O) groups is 2. The van der Waals surface area contributed by atoms with Crippen molar-refractivity contribution in [1.29, 1.82) is 0 Å². The molecule has 0 aliphatic carbocycles. The number of nitrogens with zero attached hydrogens (tertiary/aromatic N) is 3. The molecule has 0 aliphatic rings. The van der Waals surface area contributed by atoms with Crippen LogP contribution in [0.1, 0.15) is 16.1 Å². The first-order valence-electron chi connectivity index (χ1n) is 9.33. The smallest absolute Gasteiger partial charge is 0.277 e. The predicted molar refractivity (Wildman–Crippen MR) is 111 cm³/mol. The summed E-state index contributed by atoms with van der Waals surface area (Å²) in [5.74, 6) is 0.881. The number of benzene rings is 2. The molecule has 1 aromatic heterocycles. The summed E-state index contributed by atoms with van der Waals surface area (Å²) in [5, 5.41) is 13.4. The summed E-state index contributed by atoms with van der Waals surface area (Å²) < 4.78 is 11.8. The Morgan fingerprint density at radius 2 is 1.80 bits per heavy atom. The maximum Gasteiger partial charge on any atom is 0.277 e. The van der Waals surface area contributed by atoms with Gasteiger partial charge >= 0.3 is 0 Å². The molecule has 0 saturated carbocycles. The molecule has 0 radical (unpaired) electrons. The fourth-order valence-corrected chi connectivity index (χ4v) is 2.78. The lowest BCUT2D eigenvalue weighted by atomic mass is 10.1. The number of ether oxygens (including phenoxy) is 2. The quantitative estimate of drug-likeness (QED) is 0.559. The van der Waals surface area contributed by atoms with Gasteiger partial charge in [-0.3, -0.25) is 9.59 Å². The summed E-state index contributed by atoms with van der Waals surface area (Å²) >= 11 is 0. The van der Waals surface area contributed by atoms with Crippen molar-refractivity contribution in [3.8, 4) is 11.5 Å². The topological polar surface area (TPSA) is 107 Å². The molecule has 0 saturated heterocycles. The number of nitrogens with one attached hydrogen (secondary N) is 2. The van der Waals surface area contributed by atoms with Gasteiger partial charge in [0.05, 0.1) is 33.4 Å². The summed E-state index contributed by atoms with van der Waals surface area (Å²) in [6.07, 6.45) is 1.75. The monoisotopic (exact) mass is 409 g/mol. The Hall–Kier alpha value is -3.88. The normalized spacial score (nSPS) is 10.3. The van der Waals surface area contributed by atoms with Crippen molar-refractivity contribution in [3.63, 3.8) is 0 Å². The fraction of sp³-hybridized carbons (Fsp3) is 0.238. The van der Waals surface area contributed by atoms with Crippen LogP contribution in [0, 0.1) is 0 Å². The number of methoxy groups -OCH3 is 2. The van der Waals surface area contributed by atoms with Crippen molar-refractivity contribution < 1.29 is 19.1 Å². The summed E-state index contributed by atoms with van der Waals surface area (Å²) in [7, 11) is 3.15. The summed E-state index contributed by atoms with van der Waals surface area (Å²) in [6, 6.07) is 14.4. The van der Waals surface area contributed by atoms with Gasteiger partial charge in [-0.15, -0.1) is 5.10 Å². The Morgan fingerprint density at radius 3 is 2.53 bits per heavy atom. The Balaban J connectivity index is 1.46. The first-order valence-corrected chi connectivity index (χ1v) is 9.33. The van der Waals surface area contributed by atoms with Gasteiger partial charge in [0, 0.05) is 17.8 Å². The van der Waals surface area contributed by atoms with Crippen LogP contribution >= 0.6 is 0 Å². The van der Waals surface area contributed by atoms with Crippen LogP contribution in [-0.4, -0.2) is 47.6 Å². The zero-order valence-corrected chi connectivity index (χ0v) is 16.8. The van der Waals surface area contributed by atoms with Crippen LogP contribution in [0.25, 0.3) is 0 Å². The van der Waals surface area contributed by atoms with Crippen molar-refractivity contribution in [1.82, 2.24) is 20.3 Å². The van der Waals surface area contributed by atoms with Crippen LogP contribution in [0.3, 0.4) is 0 Å². The molecule has 1 heterocycles. The molecule has 2 aromatic carbocycles. The van der Waals surface area contributed by atoms with E-state index in [4.69, 9.17) is 9.47 Å². The van der Waals surface area contributed by atoms with Crippen LogP contribution in [0.5, 0.6) is 11.5 Å². The zero-order chi connectivity index (χ0) is 21.3. The summed E-state index contributed by atoms with van der Waals surface area (Å²) in [4.78, 5) is 24.4. The van der Waals surface area contributed by atoms with E-state index in [1.807, 2.05) is 24.3 Å². The Kier molecular flexibility index (Phi) is 6.99. The Bertz CT molecular complexity index is 1000. The second-order valence-electron chi connectivity index (χ2n) is 6.39. The van der Waals surface area contributed by atoms with Gasteiger partial charge in [-0.05, 0) is 30.3 Å². The van der Waals surface area contributed by atoms with Crippen LogP contribution in [0.15, 0.2) is 54.7 Å². The summed E-state index contributed by atoms with van der Waals surface area (Å²) in [6.45, 7) is 0.747. The van der Waals surface area contributed by atoms with Crippen molar-refractivity contribution in [2.75, 3.05) is 26.1 Å². The van der Waals surface area contributed by atoms with Gasteiger partial charge in [-0.25, -0.2) is 4.68 Å². The van der Waals surface area contributed by atoms with E-state index in [-0.39, 0.29) is 23.9 Å². The number of hydrogen-bond acceptors (Lipinski definition) is 6. The van der Waals surface area contributed by atoms with Crippen LogP contribution in [-0.2, 0) is 17.8 Å². The third-order valence-electron chi connectivity index (χ3n) is 4.33. The summed E-state index contributed by atoms with van der Waals surface area (Å²) in [5.41, 5.74) is 1.63. The highest BCUT2D eigenvalue weighted by atomic mass is 16.5. The molecule has 0 spiro atoms. The van der Waals surface area contributed by atoms with E-state index in [1.165, 1.54) is 10.9 Å². The van der Waals surface area contributed by atoms with Crippen LogP contribution in [0.2, 0.25) is 0 Å². The predicted octanol–water partition coefficient (Wildman–Crippen LogP) is 1.91. The van der Waals surface area contributed by atoms with E-state index >= 15 is 0 Å². The van der Waals surface area contributed by atoms with E-state index in [1.54, 1.807) is 38.5 Å². The largest absolute Gasteiger partial charge is 0.497 e. The third-order valence-corrected chi connectivity index (χ3v) is 4.33. The molecule has 3 rings (SSSR count). The minimum atomic E-state index is -0.369. The highest BCUT2D eigenvalue weighted by Gasteiger charge is 2.12. The number of hydrogen-bond donors (Lipinski definition) is 2. The molecule has 0 aliphatic heterocycles. The fourth-order valence-electron chi connectivity index (χ4n) is 2.78. The molecular formula is C21H23N5O4. The average molecular weight is 409 g/mol. The van der Waals surface area contributed by atoms with E-state index in [9.17, 15) is 9.59 Å². The molecule has 2 amide bonds. The highest BCUT2D eigenvalue weighted by molar-refractivity contribution is 6.02. The second-order valence-corrected chi connectivity index (χ2v) is 6.39. The van der Waals surface area contributed by atoms with Gasteiger partial charge in [0.2, 0.25) is 5.91 Å². The van der Waals surface area contributed by atoms with Gasteiger partial charge in [-0.1, -0.05) is 23.4 Å². The zero-order valence-electron chi connectivity index (χ0n) is 16.8. The van der Waals surface area contributed by atoms with E-state index < -0.39 is 0 Å². The molecule has 0 bridgehead atoms. The molecule has 0 unspecified atom stereocenters. The van der Waals surface area contributed by atoms with Crippen molar-refractivity contribution in [3.05, 3.63) is 66.0 Å². The van der Waals surface area contributed by atoms with E-state index in [0.29, 0.717) is 30.3 Å². The SMILES string of the molecule is COc1ccc(NC(=O)c2cn(CCNC(=O)Cc3ccccc3OC)nn2)cc1. The molecular weight excluding hydrogens is 386 g/mol.